The van der Waals surface area contributed by atoms with Crippen LogP contribution in [0.1, 0.15) is 45.3 Å². The van der Waals surface area contributed by atoms with Gasteiger partial charge in [0.2, 0.25) is 0 Å². The number of hydrogen-bond acceptors (Lipinski definition) is 4. The van der Waals surface area contributed by atoms with Crippen molar-refractivity contribution in [3.63, 3.8) is 0 Å². The molecule has 35 heavy (non-hydrogen) atoms. The molecule has 0 fully saturated rings. The van der Waals surface area contributed by atoms with Crippen molar-refractivity contribution in [1.82, 2.24) is 9.97 Å². The average Bonchev–Trinajstić information content (AvgIpc) is 3.45. The number of halogens is 1. The molecule has 0 amide bonds. The Labute approximate surface area is 207 Å². The Balaban J connectivity index is 1.43. The van der Waals surface area contributed by atoms with Crippen LogP contribution in [0.25, 0.3) is 33.2 Å². The number of nitrogen functional groups attached to an aromatic ring is 1. The SMILES string of the molecule is Cc1cccc2c(O)cc3c(c12)[C@H](CCl)CC3C(=O)c1ccc2nc(-c3cccc(N)c3)[nH]c2c1. The maximum atomic E-state index is 13.8. The van der Waals surface area contributed by atoms with Crippen molar-refractivity contribution >= 4 is 44.9 Å². The molecule has 5 aromatic rings. The third-order valence-electron chi connectivity index (χ3n) is 7.15. The summed E-state index contributed by atoms with van der Waals surface area (Å²) >= 11 is 6.40. The lowest BCUT2D eigenvalue weighted by Gasteiger charge is -2.15. The predicted octanol–water partition coefficient (Wildman–Crippen LogP) is 6.67. The zero-order valence-electron chi connectivity index (χ0n) is 19.2. The van der Waals surface area contributed by atoms with Crippen LogP contribution in [-0.2, 0) is 0 Å². The molecule has 174 valence electrons. The van der Waals surface area contributed by atoms with Crippen molar-refractivity contribution < 1.29 is 9.90 Å². The predicted molar refractivity (Wildman–Crippen MR) is 141 cm³/mol. The molecule has 0 spiro atoms. The summed E-state index contributed by atoms with van der Waals surface area (Å²) in [7, 11) is 0. The summed E-state index contributed by atoms with van der Waals surface area (Å²) in [6, 6.07) is 20.7. The van der Waals surface area contributed by atoms with E-state index in [0.717, 1.165) is 44.1 Å². The van der Waals surface area contributed by atoms with Gasteiger partial charge in [0.1, 0.15) is 11.6 Å². The number of hydrogen-bond donors (Lipinski definition) is 3. The van der Waals surface area contributed by atoms with Crippen LogP contribution in [0.2, 0.25) is 0 Å². The minimum Gasteiger partial charge on any atom is -0.507 e. The molecular formula is C29H24ClN3O2. The number of alkyl halides is 1. The lowest BCUT2D eigenvalue weighted by atomic mass is 9.89. The van der Waals surface area contributed by atoms with Gasteiger partial charge in [-0.25, -0.2) is 4.98 Å². The number of imidazole rings is 1. The van der Waals surface area contributed by atoms with Crippen molar-refractivity contribution in [2.24, 2.45) is 0 Å². The Hall–Kier alpha value is -3.83. The van der Waals surface area contributed by atoms with Gasteiger partial charge in [0.05, 0.1) is 11.0 Å². The summed E-state index contributed by atoms with van der Waals surface area (Å²) in [6.07, 6.45) is 0.625. The molecule has 0 saturated heterocycles. The van der Waals surface area contributed by atoms with Gasteiger partial charge in [0.15, 0.2) is 5.78 Å². The number of H-pyrrole nitrogens is 1. The Morgan fingerprint density at radius 1 is 1.14 bits per heavy atom. The zero-order chi connectivity index (χ0) is 24.3. The average molecular weight is 482 g/mol. The molecule has 5 nitrogen and oxygen atoms in total. The number of aryl methyl sites for hydroxylation is 1. The number of ketones is 1. The highest BCUT2D eigenvalue weighted by Gasteiger charge is 2.37. The van der Waals surface area contributed by atoms with Crippen LogP contribution in [0, 0.1) is 6.92 Å². The third-order valence-corrected chi connectivity index (χ3v) is 7.53. The summed E-state index contributed by atoms with van der Waals surface area (Å²) in [5.74, 6) is 1.04. The molecule has 6 rings (SSSR count). The molecule has 4 N–H and O–H groups in total. The highest BCUT2D eigenvalue weighted by molar-refractivity contribution is 6.19. The van der Waals surface area contributed by atoms with E-state index in [1.54, 1.807) is 6.07 Å². The number of carbonyl (C=O) groups excluding carboxylic acids is 1. The molecule has 2 atom stereocenters. The van der Waals surface area contributed by atoms with Crippen LogP contribution in [-0.4, -0.2) is 26.7 Å². The van der Waals surface area contributed by atoms with Crippen molar-refractivity contribution in [3.05, 3.63) is 89.0 Å². The number of nitrogens with two attached hydrogens (primary N) is 1. The molecule has 0 saturated carbocycles. The van der Waals surface area contributed by atoms with E-state index in [2.05, 4.69) is 9.97 Å². The molecule has 0 bridgehead atoms. The molecule has 4 aromatic carbocycles. The van der Waals surface area contributed by atoms with Gasteiger partial charge in [-0.3, -0.25) is 4.79 Å². The van der Waals surface area contributed by atoms with E-state index in [-0.39, 0.29) is 23.4 Å². The Kier molecular flexibility index (Phi) is 5.04. The molecule has 1 aliphatic rings. The van der Waals surface area contributed by atoms with E-state index in [1.807, 2.05) is 67.6 Å². The number of fused-ring (bicyclic) bond motifs is 4. The van der Waals surface area contributed by atoms with Gasteiger partial charge in [-0.05, 0) is 77.7 Å². The summed E-state index contributed by atoms with van der Waals surface area (Å²) in [5, 5.41) is 12.6. The van der Waals surface area contributed by atoms with Gasteiger partial charge in [0.25, 0.3) is 0 Å². The molecule has 6 heteroatoms. The first-order valence-corrected chi connectivity index (χ1v) is 12.2. The first kappa shape index (κ1) is 21.7. The van der Waals surface area contributed by atoms with Crippen molar-refractivity contribution in [3.8, 4) is 17.1 Å². The highest BCUT2D eigenvalue weighted by Crippen LogP contribution is 2.50. The number of anilines is 1. The maximum Gasteiger partial charge on any atom is 0.170 e. The molecule has 0 radical (unpaired) electrons. The lowest BCUT2D eigenvalue weighted by Crippen LogP contribution is -2.10. The number of nitrogens with one attached hydrogen (secondary N) is 1. The number of Topliss-reactive ketones (excluding diaryl/α,β-unsaturated/α-hetero) is 1. The van der Waals surface area contributed by atoms with E-state index in [4.69, 9.17) is 17.3 Å². The third kappa shape index (κ3) is 3.46. The largest absolute Gasteiger partial charge is 0.507 e. The number of carbonyl (C=O) groups is 1. The molecule has 1 heterocycles. The first-order valence-electron chi connectivity index (χ1n) is 11.7. The Morgan fingerprint density at radius 2 is 1.97 bits per heavy atom. The van der Waals surface area contributed by atoms with Gasteiger partial charge in [0, 0.05) is 34.0 Å². The van der Waals surface area contributed by atoms with Gasteiger partial charge < -0.3 is 15.8 Å². The second kappa shape index (κ2) is 8.14. The molecule has 1 aromatic heterocycles. The van der Waals surface area contributed by atoms with Crippen LogP contribution in [0.15, 0.2) is 66.7 Å². The van der Waals surface area contributed by atoms with Crippen molar-refractivity contribution in [2.75, 3.05) is 11.6 Å². The van der Waals surface area contributed by atoms with Crippen LogP contribution in [0.5, 0.6) is 5.75 Å². The number of benzene rings is 4. The van der Waals surface area contributed by atoms with Gasteiger partial charge in [-0.1, -0.05) is 30.3 Å². The monoisotopic (exact) mass is 481 g/mol. The van der Waals surface area contributed by atoms with E-state index in [9.17, 15) is 9.90 Å². The van der Waals surface area contributed by atoms with Gasteiger partial charge in [-0.15, -0.1) is 11.6 Å². The summed E-state index contributed by atoms with van der Waals surface area (Å²) in [6.45, 7) is 2.03. The Morgan fingerprint density at radius 3 is 2.77 bits per heavy atom. The second-order valence-electron chi connectivity index (χ2n) is 9.34. The number of nitrogens with zero attached hydrogens (tertiary/aromatic N) is 1. The minimum atomic E-state index is -0.364. The quantitative estimate of drug-likeness (QED) is 0.152. The van der Waals surface area contributed by atoms with Crippen LogP contribution in [0.4, 0.5) is 5.69 Å². The van der Waals surface area contributed by atoms with Crippen LogP contribution in [0.3, 0.4) is 0 Å². The van der Waals surface area contributed by atoms with E-state index in [1.165, 1.54) is 0 Å². The number of phenolic OH excluding ortho intramolecular Hbond substituents is 1. The van der Waals surface area contributed by atoms with Crippen LogP contribution < -0.4 is 5.73 Å². The fraction of sp³-hybridized carbons (Fsp3) is 0.172. The maximum absolute atomic E-state index is 13.8. The number of aromatic amines is 1. The normalized spacial score (nSPS) is 17.2. The minimum absolute atomic E-state index is 0.0215. The molecule has 0 aliphatic heterocycles. The topological polar surface area (TPSA) is 92.0 Å². The Bertz CT molecular complexity index is 1640. The number of phenols is 1. The number of aromatic hydroxyl groups is 1. The number of aromatic nitrogens is 2. The van der Waals surface area contributed by atoms with Gasteiger partial charge >= 0.3 is 0 Å². The van der Waals surface area contributed by atoms with Crippen LogP contribution >= 0.6 is 11.6 Å². The lowest BCUT2D eigenvalue weighted by molar-refractivity contribution is 0.0958. The van der Waals surface area contributed by atoms with E-state index in [0.29, 0.717) is 29.4 Å². The van der Waals surface area contributed by atoms with E-state index < -0.39 is 0 Å². The van der Waals surface area contributed by atoms with E-state index >= 15 is 0 Å². The fourth-order valence-electron chi connectivity index (χ4n) is 5.52. The zero-order valence-corrected chi connectivity index (χ0v) is 19.9. The van der Waals surface area contributed by atoms with Crippen molar-refractivity contribution in [2.45, 2.75) is 25.2 Å². The molecular weight excluding hydrogens is 458 g/mol. The molecule has 1 aliphatic carbocycles. The summed E-state index contributed by atoms with van der Waals surface area (Å²) in [5.41, 5.74) is 12.7. The second-order valence-corrected chi connectivity index (χ2v) is 9.65. The highest BCUT2D eigenvalue weighted by atomic mass is 35.5. The van der Waals surface area contributed by atoms with Gasteiger partial charge in [-0.2, -0.15) is 0 Å². The standard InChI is InChI=1S/C29H24ClN3O2/c1-15-4-2-7-20-25(34)13-21-22(11-18(14-30)27(21)26(15)20)28(35)16-8-9-23-24(12-16)33-29(32-23)17-5-3-6-19(31)10-17/h2-10,12-13,18,22,34H,11,14,31H2,1H3,(H,32,33)/t18-,22?/m0/s1. The molecule has 1 unspecified atom stereocenters. The summed E-state index contributed by atoms with van der Waals surface area (Å²) < 4.78 is 0. The summed E-state index contributed by atoms with van der Waals surface area (Å²) in [4.78, 5) is 21.8. The number of rotatable bonds is 4. The fourth-order valence-corrected chi connectivity index (χ4v) is 5.80. The first-order chi connectivity index (χ1) is 16.9. The van der Waals surface area contributed by atoms with Crippen molar-refractivity contribution in [1.29, 1.82) is 0 Å². The smallest absolute Gasteiger partial charge is 0.170 e.